The van der Waals surface area contributed by atoms with Crippen LogP contribution >= 0.6 is 0 Å². The molecule has 31 heavy (non-hydrogen) atoms. The van der Waals surface area contributed by atoms with E-state index >= 15 is 0 Å². The third-order valence-electron chi connectivity index (χ3n) is 6.48. The molecule has 1 spiro atoms. The van der Waals surface area contributed by atoms with Crippen molar-refractivity contribution < 1.29 is 22.2 Å². The predicted octanol–water partition coefficient (Wildman–Crippen LogP) is 4.26. The van der Waals surface area contributed by atoms with E-state index in [-0.39, 0.29) is 33.7 Å². The third-order valence-corrected chi connectivity index (χ3v) is 7.50. The highest BCUT2D eigenvalue weighted by Gasteiger charge is 2.62. The molecule has 2 aromatic heterocycles. The van der Waals surface area contributed by atoms with Gasteiger partial charge >= 0.3 is 6.18 Å². The van der Waals surface area contributed by atoms with Crippen molar-refractivity contribution in [2.24, 2.45) is 11.3 Å². The predicted molar refractivity (Wildman–Crippen MR) is 106 cm³/mol. The second-order valence-corrected chi connectivity index (χ2v) is 11.1. The Kier molecular flexibility index (Phi) is 4.32. The number of hydrogen-bond donors (Lipinski definition) is 2. The Hall–Kier alpha value is -2.43. The lowest BCUT2D eigenvalue weighted by Crippen LogP contribution is -2.23. The second kappa shape index (κ2) is 6.54. The molecule has 0 aromatic carbocycles. The molecular formula is C20H22F3N5O2S. The number of aromatic nitrogens is 3. The number of halogens is 3. The van der Waals surface area contributed by atoms with Crippen molar-refractivity contribution >= 4 is 21.3 Å². The summed E-state index contributed by atoms with van der Waals surface area (Å²) in [6.45, 7) is 0.301. The fourth-order valence-electron chi connectivity index (χ4n) is 4.33. The summed E-state index contributed by atoms with van der Waals surface area (Å²) in [5.41, 5.74) is -1.07. The quantitative estimate of drug-likeness (QED) is 0.682. The number of pyridine rings is 1. The van der Waals surface area contributed by atoms with E-state index in [0.717, 1.165) is 19.3 Å². The van der Waals surface area contributed by atoms with Crippen LogP contribution in [0.15, 0.2) is 23.4 Å². The van der Waals surface area contributed by atoms with Gasteiger partial charge in [0.2, 0.25) is 0 Å². The van der Waals surface area contributed by atoms with E-state index < -0.39 is 33.1 Å². The van der Waals surface area contributed by atoms with Gasteiger partial charge in [-0.25, -0.2) is 14.0 Å². The first-order valence-electron chi connectivity index (χ1n) is 10.2. The summed E-state index contributed by atoms with van der Waals surface area (Å²) in [6, 6.07) is 2.64. The van der Waals surface area contributed by atoms with Gasteiger partial charge in [0.25, 0.3) is 5.91 Å². The van der Waals surface area contributed by atoms with Gasteiger partial charge in [-0.3, -0.25) is 9.48 Å². The monoisotopic (exact) mass is 453 g/mol. The van der Waals surface area contributed by atoms with Gasteiger partial charge < -0.3 is 5.32 Å². The van der Waals surface area contributed by atoms with Gasteiger partial charge in [-0.15, -0.1) is 0 Å². The minimum absolute atomic E-state index is 0.0405. The van der Waals surface area contributed by atoms with Crippen LogP contribution in [0.1, 0.15) is 59.8 Å². The maximum absolute atomic E-state index is 14.0. The fraction of sp³-hybridized carbons (Fsp3) is 0.550. The average Bonchev–Trinajstić information content (AvgIpc) is 3.57. The SMILES string of the molecule is C[S@@](=N)(=O)c1cc(NC(=O)c2c(C(F)(F)F)c(C3CC3)nn2C[C@H]2CC23CC3)ccn1. The highest BCUT2D eigenvalue weighted by atomic mass is 32.2. The Morgan fingerprint density at radius 3 is 2.65 bits per heavy atom. The normalized spacial score (nSPS) is 23.4. The molecule has 7 nitrogen and oxygen atoms in total. The summed E-state index contributed by atoms with van der Waals surface area (Å²) in [7, 11) is -3.14. The van der Waals surface area contributed by atoms with Crippen molar-refractivity contribution in [2.45, 2.75) is 55.8 Å². The van der Waals surface area contributed by atoms with Crippen LogP contribution < -0.4 is 5.32 Å². The zero-order valence-corrected chi connectivity index (χ0v) is 17.6. The molecular weight excluding hydrogens is 431 g/mol. The van der Waals surface area contributed by atoms with Crippen LogP contribution in [0.5, 0.6) is 0 Å². The van der Waals surface area contributed by atoms with E-state index in [1.807, 2.05) is 0 Å². The lowest BCUT2D eigenvalue weighted by Gasteiger charge is -2.13. The lowest BCUT2D eigenvalue weighted by molar-refractivity contribution is -0.138. The molecule has 0 saturated heterocycles. The van der Waals surface area contributed by atoms with E-state index in [1.165, 1.54) is 29.3 Å². The maximum atomic E-state index is 14.0. The molecule has 3 aliphatic rings. The zero-order chi connectivity index (χ0) is 22.2. The van der Waals surface area contributed by atoms with Crippen LogP contribution in [-0.4, -0.2) is 31.1 Å². The van der Waals surface area contributed by atoms with Crippen molar-refractivity contribution in [1.82, 2.24) is 14.8 Å². The van der Waals surface area contributed by atoms with Gasteiger partial charge in [-0.1, -0.05) is 0 Å². The van der Waals surface area contributed by atoms with Crippen LogP contribution in [0.4, 0.5) is 18.9 Å². The van der Waals surface area contributed by atoms with E-state index in [0.29, 0.717) is 19.4 Å². The summed E-state index contributed by atoms with van der Waals surface area (Å²) in [5, 5.41) is 6.70. The van der Waals surface area contributed by atoms with Crippen LogP contribution in [0, 0.1) is 16.1 Å². The number of rotatable bonds is 6. The largest absolute Gasteiger partial charge is 0.420 e. The van der Waals surface area contributed by atoms with Crippen LogP contribution in [0.2, 0.25) is 0 Å². The fourth-order valence-corrected chi connectivity index (χ4v) is 4.94. The van der Waals surface area contributed by atoms with Crippen LogP contribution in [0.3, 0.4) is 0 Å². The van der Waals surface area contributed by atoms with Gasteiger partial charge in [0, 0.05) is 30.6 Å². The average molecular weight is 453 g/mol. The van der Waals surface area contributed by atoms with E-state index in [1.54, 1.807) is 0 Å². The second-order valence-electron chi connectivity index (χ2n) is 9.01. The van der Waals surface area contributed by atoms with Gasteiger partial charge in [0.15, 0.2) is 0 Å². The number of anilines is 1. The van der Waals surface area contributed by atoms with Crippen molar-refractivity contribution in [3.63, 3.8) is 0 Å². The molecule has 2 atom stereocenters. The first kappa shape index (κ1) is 20.5. The third kappa shape index (κ3) is 3.83. The highest BCUT2D eigenvalue weighted by Crippen LogP contribution is 2.71. The Morgan fingerprint density at radius 2 is 2.10 bits per heavy atom. The van der Waals surface area contributed by atoms with Crippen molar-refractivity contribution in [1.29, 1.82) is 4.78 Å². The smallest absolute Gasteiger partial charge is 0.320 e. The minimum Gasteiger partial charge on any atom is -0.320 e. The van der Waals surface area contributed by atoms with Gasteiger partial charge in [-0.2, -0.15) is 18.3 Å². The molecule has 0 aliphatic heterocycles. The topological polar surface area (TPSA) is 101 Å². The Balaban J connectivity index is 1.52. The molecule has 0 radical (unpaired) electrons. The summed E-state index contributed by atoms with van der Waals surface area (Å²) in [6.07, 6.45) is 2.16. The van der Waals surface area contributed by atoms with Gasteiger partial charge in [0.1, 0.15) is 16.3 Å². The molecule has 2 aromatic rings. The molecule has 3 aliphatic carbocycles. The number of nitrogens with zero attached hydrogens (tertiary/aromatic N) is 3. The molecule has 5 rings (SSSR count). The first-order chi connectivity index (χ1) is 14.5. The Bertz CT molecular complexity index is 1180. The van der Waals surface area contributed by atoms with Crippen molar-refractivity contribution in [3.05, 3.63) is 35.3 Å². The number of amides is 1. The zero-order valence-electron chi connectivity index (χ0n) is 16.8. The molecule has 2 N–H and O–H groups in total. The number of carbonyl (C=O) groups excluding carboxylic acids is 1. The molecule has 3 saturated carbocycles. The Labute approximate surface area is 177 Å². The van der Waals surface area contributed by atoms with Crippen molar-refractivity contribution in [3.8, 4) is 0 Å². The summed E-state index contributed by atoms with van der Waals surface area (Å²) in [4.78, 5) is 16.9. The molecule has 11 heteroatoms. The number of alkyl halides is 3. The number of hydrogen-bond acceptors (Lipinski definition) is 5. The van der Waals surface area contributed by atoms with Gasteiger partial charge in [-0.05, 0) is 55.6 Å². The summed E-state index contributed by atoms with van der Waals surface area (Å²) in [5.74, 6) is -0.922. The molecule has 0 bridgehead atoms. The Morgan fingerprint density at radius 1 is 1.39 bits per heavy atom. The highest BCUT2D eigenvalue weighted by molar-refractivity contribution is 7.91. The minimum atomic E-state index is -4.70. The van der Waals surface area contributed by atoms with Crippen molar-refractivity contribution in [2.75, 3.05) is 11.6 Å². The van der Waals surface area contributed by atoms with E-state index in [2.05, 4.69) is 15.4 Å². The number of carbonyl (C=O) groups is 1. The van der Waals surface area contributed by atoms with Crippen LogP contribution in [-0.2, 0) is 22.5 Å². The van der Waals surface area contributed by atoms with Crippen LogP contribution in [0.25, 0.3) is 0 Å². The maximum Gasteiger partial charge on any atom is 0.420 e. The van der Waals surface area contributed by atoms with E-state index in [9.17, 15) is 22.2 Å². The molecule has 2 heterocycles. The molecule has 3 fully saturated rings. The number of nitrogens with one attached hydrogen (secondary N) is 2. The summed E-state index contributed by atoms with van der Waals surface area (Å²) < 4.78 is 63.0. The van der Waals surface area contributed by atoms with E-state index in [4.69, 9.17) is 4.78 Å². The lowest BCUT2D eigenvalue weighted by atomic mass is 10.1. The standard InChI is InChI=1S/C20H22F3N5O2S/c1-31(24,30)14-8-13(4-7-25-14)26-18(29)17-15(20(21,22)23)16(11-2-3-11)27-28(17)10-12-9-19(12)5-6-19/h4,7-8,11-12,24H,2-3,5-6,9-10H2,1H3,(H,25,26,29)/t12-,31-/m1/s1. The summed E-state index contributed by atoms with van der Waals surface area (Å²) >= 11 is 0. The molecule has 166 valence electrons. The molecule has 1 amide bonds. The first-order valence-corrected chi connectivity index (χ1v) is 12.1. The molecule has 0 unspecified atom stereocenters. The van der Waals surface area contributed by atoms with Gasteiger partial charge in [0.05, 0.1) is 15.4 Å².